The topological polar surface area (TPSA) is 77.9 Å². The number of carbonyl (C=O) groups excluding carboxylic acids is 2. The van der Waals surface area contributed by atoms with Crippen LogP contribution in [0, 0.1) is 0 Å². The van der Waals surface area contributed by atoms with Crippen LogP contribution in [0.25, 0.3) is 0 Å². The lowest BCUT2D eigenvalue weighted by Gasteiger charge is -2.27. The minimum atomic E-state index is -1.10. The molecule has 0 aliphatic carbocycles. The number of hydrogen-bond donors (Lipinski definition) is 1. The Balaban J connectivity index is 2.21. The van der Waals surface area contributed by atoms with Gasteiger partial charge in [-0.15, -0.1) is 0 Å². The molecule has 0 radical (unpaired) electrons. The smallest absolute Gasteiger partial charge is 0.323 e. The summed E-state index contributed by atoms with van der Waals surface area (Å²) in [6.45, 7) is 0.00821. The second-order valence-electron chi connectivity index (χ2n) is 5.37. The molecule has 0 saturated carbocycles. The summed E-state index contributed by atoms with van der Waals surface area (Å²) in [5, 5.41) is 9.43. The molecule has 2 rings (SSSR count). The van der Waals surface area contributed by atoms with Gasteiger partial charge in [0, 0.05) is 18.6 Å². The number of benzene rings is 1. The van der Waals surface area contributed by atoms with Crippen molar-refractivity contribution < 1.29 is 19.5 Å². The molecule has 23 heavy (non-hydrogen) atoms. The fraction of sp³-hybridized carbons (Fsp3) is 0.400. The maximum absolute atomic E-state index is 12.7. The third kappa shape index (κ3) is 3.95. The zero-order valence-electron chi connectivity index (χ0n) is 12.5. The summed E-state index contributed by atoms with van der Waals surface area (Å²) in [6.07, 6.45) is 1.16. The molecule has 124 valence electrons. The van der Waals surface area contributed by atoms with Gasteiger partial charge in [0.2, 0.25) is 5.91 Å². The second-order valence-corrected chi connectivity index (χ2v) is 6.21. The van der Waals surface area contributed by atoms with Crippen LogP contribution in [0.3, 0.4) is 0 Å². The highest BCUT2D eigenvalue weighted by Crippen LogP contribution is 2.26. The Kier molecular flexibility index (Phi) is 5.49. The van der Waals surface area contributed by atoms with Gasteiger partial charge in [0.15, 0.2) is 0 Å². The van der Waals surface area contributed by atoms with Gasteiger partial charge in [-0.2, -0.15) is 0 Å². The number of amides is 2. The molecule has 1 atom stereocenters. The SMILES string of the molecule is CN(CC(=O)O)C(=O)C1CCCN1C(=O)c1cc(Cl)ccc1Cl. The van der Waals surface area contributed by atoms with E-state index in [4.69, 9.17) is 28.3 Å². The van der Waals surface area contributed by atoms with Crippen molar-refractivity contribution in [2.45, 2.75) is 18.9 Å². The lowest BCUT2D eigenvalue weighted by Crippen LogP contribution is -2.47. The molecule has 1 aliphatic rings. The van der Waals surface area contributed by atoms with Crippen molar-refractivity contribution in [3.63, 3.8) is 0 Å². The Morgan fingerprint density at radius 2 is 2.04 bits per heavy atom. The predicted molar refractivity (Wildman–Crippen MR) is 85.8 cm³/mol. The Morgan fingerprint density at radius 3 is 2.70 bits per heavy atom. The molecule has 1 aromatic carbocycles. The van der Waals surface area contributed by atoms with Crippen LogP contribution in [0.5, 0.6) is 0 Å². The van der Waals surface area contributed by atoms with Crippen molar-refractivity contribution in [3.8, 4) is 0 Å². The van der Waals surface area contributed by atoms with Crippen molar-refractivity contribution >= 4 is 41.0 Å². The molecule has 1 fully saturated rings. The molecule has 1 unspecified atom stereocenters. The number of carboxylic acids is 1. The number of likely N-dealkylation sites (tertiary alicyclic amines) is 1. The van der Waals surface area contributed by atoms with E-state index in [0.717, 1.165) is 4.90 Å². The maximum atomic E-state index is 12.7. The number of likely N-dealkylation sites (N-methyl/N-ethyl adjacent to an activating group) is 1. The van der Waals surface area contributed by atoms with Gasteiger partial charge in [-0.25, -0.2) is 0 Å². The van der Waals surface area contributed by atoms with E-state index in [0.29, 0.717) is 24.4 Å². The summed E-state index contributed by atoms with van der Waals surface area (Å²) in [6, 6.07) is 3.89. The zero-order chi connectivity index (χ0) is 17.1. The van der Waals surface area contributed by atoms with Crippen molar-refractivity contribution in [2.75, 3.05) is 20.1 Å². The summed E-state index contributed by atoms with van der Waals surface area (Å²) >= 11 is 12.0. The van der Waals surface area contributed by atoms with E-state index in [2.05, 4.69) is 0 Å². The minimum absolute atomic E-state index is 0.236. The summed E-state index contributed by atoms with van der Waals surface area (Å²) in [5.74, 6) is -1.87. The Hall–Kier alpha value is -1.79. The molecule has 0 spiro atoms. The maximum Gasteiger partial charge on any atom is 0.323 e. The highest BCUT2D eigenvalue weighted by atomic mass is 35.5. The van der Waals surface area contributed by atoms with Crippen LogP contribution < -0.4 is 0 Å². The van der Waals surface area contributed by atoms with Gasteiger partial charge in [-0.1, -0.05) is 23.2 Å². The van der Waals surface area contributed by atoms with E-state index in [1.165, 1.54) is 24.1 Å². The number of halogens is 2. The molecule has 1 N–H and O–H groups in total. The highest BCUT2D eigenvalue weighted by Gasteiger charge is 2.37. The van der Waals surface area contributed by atoms with Crippen LogP contribution in [-0.4, -0.2) is 58.9 Å². The highest BCUT2D eigenvalue weighted by molar-refractivity contribution is 6.35. The van der Waals surface area contributed by atoms with Gasteiger partial charge in [-0.3, -0.25) is 14.4 Å². The average molecular weight is 359 g/mol. The minimum Gasteiger partial charge on any atom is -0.480 e. The van der Waals surface area contributed by atoms with Crippen LogP contribution in [0.15, 0.2) is 18.2 Å². The molecule has 0 bridgehead atoms. The molecule has 0 aromatic heterocycles. The van der Waals surface area contributed by atoms with Crippen LogP contribution >= 0.6 is 23.2 Å². The first-order valence-corrected chi connectivity index (χ1v) is 7.79. The Labute approximate surface area is 143 Å². The molecule has 1 aliphatic heterocycles. The molecular weight excluding hydrogens is 343 g/mol. The summed E-state index contributed by atoms with van der Waals surface area (Å²) in [5.41, 5.74) is 0.236. The average Bonchev–Trinajstić information content (AvgIpc) is 2.96. The monoisotopic (exact) mass is 358 g/mol. The number of hydrogen-bond acceptors (Lipinski definition) is 3. The van der Waals surface area contributed by atoms with Crippen molar-refractivity contribution in [3.05, 3.63) is 33.8 Å². The lowest BCUT2D eigenvalue weighted by molar-refractivity contribution is -0.145. The fourth-order valence-corrected chi connectivity index (χ4v) is 2.99. The van der Waals surface area contributed by atoms with Crippen molar-refractivity contribution in [1.82, 2.24) is 9.80 Å². The van der Waals surface area contributed by atoms with Crippen molar-refractivity contribution in [2.24, 2.45) is 0 Å². The quantitative estimate of drug-likeness (QED) is 0.894. The van der Waals surface area contributed by atoms with E-state index >= 15 is 0 Å². The molecule has 1 aromatic rings. The third-order valence-electron chi connectivity index (χ3n) is 3.71. The normalized spacial score (nSPS) is 17.2. The number of nitrogens with zero attached hydrogens (tertiary/aromatic N) is 2. The number of rotatable bonds is 4. The van der Waals surface area contributed by atoms with Crippen LogP contribution in [0.1, 0.15) is 23.2 Å². The van der Waals surface area contributed by atoms with E-state index < -0.39 is 24.5 Å². The van der Waals surface area contributed by atoms with Gasteiger partial charge in [-0.05, 0) is 31.0 Å². The number of carboxylic acid groups (broad SMARTS) is 1. The first-order chi connectivity index (χ1) is 10.8. The lowest BCUT2D eigenvalue weighted by atomic mass is 10.1. The van der Waals surface area contributed by atoms with Gasteiger partial charge >= 0.3 is 5.97 Å². The van der Waals surface area contributed by atoms with Gasteiger partial charge in [0.1, 0.15) is 12.6 Å². The number of aliphatic carboxylic acids is 1. The van der Waals surface area contributed by atoms with E-state index in [9.17, 15) is 14.4 Å². The molecule has 1 heterocycles. The summed E-state index contributed by atoms with van der Waals surface area (Å²) in [4.78, 5) is 38.3. The van der Waals surface area contributed by atoms with Crippen LogP contribution in [0.4, 0.5) is 0 Å². The van der Waals surface area contributed by atoms with Gasteiger partial charge < -0.3 is 14.9 Å². The first-order valence-electron chi connectivity index (χ1n) is 7.04. The first kappa shape index (κ1) is 17.6. The third-order valence-corrected chi connectivity index (χ3v) is 4.27. The van der Waals surface area contributed by atoms with E-state index in [1.807, 2.05) is 0 Å². The fourth-order valence-electron chi connectivity index (χ4n) is 2.62. The van der Waals surface area contributed by atoms with Crippen molar-refractivity contribution in [1.29, 1.82) is 0 Å². The van der Waals surface area contributed by atoms with Gasteiger partial charge in [0.25, 0.3) is 5.91 Å². The molecule has 6 nitrogen and oxygen atoms in total. The Bertz CT molecular complexity index is 650. The largest absolute Gasteiger partial charge is 0.480 e. The summed E-state index contributed by atoms with van der Waals surface area (Å²) < 4.78 is 0. The van der Waals surface area contributed by atoms with Crippen LogP contribution in [0.2, 0.25) is 10.0 Å². The molecular formula is C15H16Cl2N2O4. The second kappa shape index (κ2) is 7.19. The standard InChI is InChI=1S/C15H16Cl2N2O4/c1-18(8-13(20)21)15(23)12-3-2-6-19(12)14(22)10-7-9(16)4-5-11(10)17/h4-5,7,12H,2-3,6,8H2,1H3,(H,20,21). The zero-order valence-corrected chi connectivity index (χ0v) is 14.0. The molecule has 8 heteroatoms. The summed E-state index contributed by atoms with van der Waals surface area (Å²) in [7, 11) is 1.41. The van der Waals surface area contributed by atoms with E-state index in [-0.39, 0.29) is 16.5 Å². The van der Waals surface area contributed by atoms with E-state index in [1.54, 1.807) is 6.07 Å². The van der Waals surface area contributed by atoms with Crippen LogP contribution in [-0.2, 0) is 9.59 Å². The predicted octanol–water partition coefficient (Wildman–Crippen LogP) is 2.14. The molecule has 2 amide bonds. The Morgan fingerprint density at radius 1 is 1.35 bits per heavy atom. The molecule has 1 saturated heterocycles. The van der Waals surface area contributed by atoms with Gasteiger partial charge in [0.05, 0.1) is 10.6 Å². The number of carbonyl (C=O) groups is 3.